The van der Waals surface area contributed by atoms with E-state index in [0.29, 0.717) is 5.92 Å². The molecule has 1 unspecified atom stereocenters. The van der Waals surface area contributed by atoms with Crippen LogP contribution in [-0.2, 0) is 6.54 Å². The number of rotatable bonds is 2. The number of nitrogens with one attached hydrogen (secondary N) is 2. The SMILES string of the molecule is CC(C)(C)NCC1CNCc2ccccc21. The van der Waals surface area contributed by atoms with Gasteiger partial charge >= 0.3 is 0 Å². The van der Waals surface area contributed by atoms with Crippen LogP contribution in [0.25, 0.3) is 0 Å². The zero-order valence-corrected chi connectivity index (χ0v) is 10.5. The van der Waals surface area contributed by atoms with E-state index in [1.165, 1.54) is 11.1 Å². The number of hydrogen-bond acceptors (Lipinski definition) is 2. The Morgan fingerprint density at radius 3 is 2.81 bits per heavy atom. The smallest absolute Gasteiger partial charge is 0.0208 e. The molecule has 2 rings (SSSR count). The first kappa shape index (κ1) is 11.6. The predicted molar refractivity (Wildman–Crippen MR) is 68.6 cm³/mol. The zero-order valence-electron chi connectivity index (χ0n) is 10.5. The van der Waals surface area contributed by atoms with E-state index < -0.39 is 0 Å². The molecule has 0 saturated carbocycles. The highest BCUT2D eigenvalue weighted by Gasteiger charge is 2.20. The molecule has 16 heavy (non-hydrogen) atoms. The fraction of sp³-hybridized carbons (Fsp3) is 0.571. The fourth-order valence-corrected chi connectivity index (χ4v) is 2.20. The maximum absolute atomic E-state index is 3.59. The minimum Gasteiger partial charge on any atom is -0.312 e. The molecule has 0 spiro atoms. The van der Waals surface area contributed by atoms with Crippen molar-refractivity contribution < 1.29 is 0 Å². The molecule has 0 amide bonds. The lowest BCUT2D eigenvalue weighted by atomic mass is 9.90. The number of hydrogen-bond donors (Lipinski definition) is 2. The van der Waals surface area contributed by atoms with Gasteiger partial charge in [0.25, 0.3) is 0 Å². The lowest BCUT2D eigenvalue weighted by Gasteiger charge is -2.30. The van der Waals surface area contributed by atoms with E-state index in [1.807, 2.05) is 0 Å². The van der Waals surface area contributed by atoms with Gasteiger partial charge in [0.2, 0.25) is 0 Å². The Morgan fingerprint density at radius 1 is 1.31 bits per heavy atom. The second-order valence-corrected chi connectivity index (χ2v) is 5.66. The van der Waals surface area contributed by atoms with Crippen LogP contribution in [-0.4, -0.2) is 18.6 Å². The van der Waals surface area contributed by atoms with Crippen LogP contribution >= 0.6 is 0 Å². The third kappa shape index (κ3) is 2.83. The summed E-state index contributed by atoms with van der Waals surface area (Å²) in [5.74, 6) is 0.601. The summed E-state index contributed by atoms with van der Waals surface area (Å²) in [7, 11) is 0. The van der Waals surface area contributed by atoms with E-state index in [1.54, 1.807) is 0 Å². The second kappa shape index (κ2) is 4.56. The van der Waals surface area contributed by atoms with Crippen LogP contribution in [0.5, 0.6) is 0 Å². The van der Waals surface area contributed by atoms with Crippen LogP contribution in [0.3, 0.4) is 0 Å². The Balaban J connectivity index is 2.07. The average molecular weight is 218 g/mol. The molecule has 2 nitrogen and oxygen atoms in total. The highest BCUT2D eigenvalue weighted by atomic mass is 15.0. The molecule has 1 aromatic carbocycles. The summed E-state index contributed by atoms with van der Waals surface area (Å²) in [4.78, 5) is 0. The number of benzene rings is 1. The van der Waals surface area contributed by atoms with E-state index in [4.69, 9.17) is 0 Å². The van der Waals surface area contributed by atoms with E-state index in [-0.39, 0.29) is 5.54 Å². The lowest BCUT2D eigenvalue weighted by molar-refractivity contribution is 0.392. The predicted octanol–water partition coefficient (Wildman–Crippen LogP) is 2.26. The summed E-state index contributed by atoms with van der Waals surface area (Å²) in [6.45, 7) is 9.80. The standard InChI is InChI=1S/C14H22N2/c1-14(2,3)16-10-12-9-15-8-11-6-4-5-7-13(11)12/h4-7,12,15-16H,8-10H2,1-3H3. The average Bonchev–Trinajstić information content (AvgIpc) is 2.25. The molecular weight excluding hydrogens is 196 g/mol. The van der Waals surface area contributed by atoms with Crippen molar-refractivity contribution in [2.75, 3.05) is 13.1 Å². The molecule has 1 atom stereocenters. The van der Waals surface area contributed by atoms with Gasteiger partial charge in [0.05, 0.1) is 0 Å². The Bertz CT molecular complexity index is 352. The van der Waals surface area contributed by atoms with Gasteiger partial charge in [-0.25, -0.2) is 0 Å². The molecule has 2 heteroatoms. The van der Waals surface area contributed by atoms with Gasteiger partial charge in [-0.2, -0.15) is 0 Å². The van der Waals surface area contributed by atoms with Crippen molar-refractivity contribution >= 4 is 0 Å². The van der Waals surface area contributed by atoms with Gasteiger partial charge in [-0.05, 0) is 31.9 Å². The maximum Gasteiger partial charge on any atom is 0.0208 e. The zero-order chi connectivity index (χ0) is 11.6. The largest absolute Gasteiger partial charge is 0.312 e. The summed E-state index contributed by atoms with van der Waals surface area (Å²) in [6.07, 6.45) is 0. The minimum atomic E-state index is 0.201. The molecule has 1 heterocycles. The van der Waals surface area contributed by atoms with Crippen LogP contribution in [0, 0.1) is 0 Å². The molecule has 88 valence electrons. The van der Waals surface area contributed by atoms with Gasteiger partial charge in [0, 0.05) is 31.1 Å². The van der Waals surface area contributed by atoms with Crippen LogP contribution in [0.15, 0.2) is 24.3 Å². The van der Waals surface area contributed by atoms with Crippen LogP contribution in [0.4, 0.5) is 0 Å². The van der Waals surface area contributed by atoms with Crippen molar-refractivity contribution in [1.29, 1.82) is 0 Å². The van der Waals surface area contributed by atoms with Crippen molar-refractivity contribution in [1.82, 2.24) is 10.6 Å². The topological polar surface area (TPSA) is 24.1 Å². The van der Waals surface area contributed by atoms with Gasteiger partial charge in [0.15, 0.2) is 0 Å². The third-order valence-electron chi connectivity index (χ3n) is 3.08. The van der Waals surface area contributed by atoms with Crippen LogP contribution in [0.2, 0.25) is 0 Å². The first-order valence-corrected chi connectivity index (χ1v) is 6.10. The molecule has 2 N–H and O–H groups in total. The lowest BCUT2D eigenvalue weighted by Crippen LogP contribution is -2.42. The molecule has 0 fully saturated rings. The Hall–Kier alpha value is -0.860. The molecular formula is C14H22N2. The van der Waals surface area contributed by atoms with Crippen molar-refractivity contribution in [3.63, 3.8) is 0 Å². The van der Waals surface area contributed by atoms with E-state index in [9.17, 15) is 0 Å². The van der Waals surface area contributed by atoms with E-state index >= 15 is 0 Å². The molecule has 0 saturated heterocycles. The Labute approximate surface area is 98.4 Å². The highest BCUT2D eigenvalue weighted by molar-refractivity contribution is 5.32. The summed E-state index contributed by atoms with van der Waals surface area (Å²) in [5, 5.41) is 7.08. The molecule has 1 aliphatic heterocycles. The van der Waals surface area contributed by atoms with Crippen LogP contribution in [0.1, 0.15) is 37.8 Å². The van der Waals surface area contributed by atoms with Crippen molar-refractivity contribution in [2.24, 2.45) is 0 Å². The van der Waals surface area contributed by atoms with Gasteiger partial charge in [-0.1, -0.05) is 24.3 Å². The summed E-state index contributed by atoms with van der Waals surface area (Å²) in [5.41, 5.74) is 3.17. The first-order chi connectivity index (χ1) is 7.56. The van der Waals surface area contributed by atoms with Crippen molar-refractivity contribution in [3.05, 3.63) is 35.4 Å². The van der Waals surface area contributed by atoms with Crippen LogP contribution < -0.4 is 10.6 Å². The molecule has 0 aromatic heterocycles. The summed E-state index contributed by atoms with van der Waals surface area (Å²) in [6, 6.07) is 8.77. The summed E-state index contributed by atoms with van der Waals surface area (Å²) < 4.78 is 0. The fourth-order valence-electron chi connectivity index (χ4n) is 2.20. The van der Waals surface area contributed by atoms with Gasteiger partial charge in [0.1, 0.15) is 0 Å². The minimum absolute atomic E-state index is 0.201. The van der Waals surface area contributed by atoms with E-state index in [2.05, 4.69) is 55.7 Å². The monoisotopic (exact) mass is 218 g/mol. The van der Waals surface area contributed by atoms with Gasteiger partial charge in [-0.15, -0.1) is 0 Å². The van der Waals surface area contributed by atoms with Crippen molar-refractivity contribution in [2.45, 2.75) is 38.8 Å². The first-order valence-electron chi connectivity index (χ1n) is 6.10. The highest BCUT2D eigenvalue weighted by Crippen LogP contribution is 2.23. The normalized spacial score (nSPS) is 20.6. The van der Waals surface area contributed by atoms with Crippen molar-refractivity contribution in [3.8, 4) is 0 Å². The van der Waals surface area contributed by atoms with E-state index in [0.717, 1.165) is 19.6 Å². The second-order valence-electron chi connectivity index (χ2n) is 5.66. The van der Waals surface area contributed by atoms with Gasteiger partial charge < -0.3 is 10.6 Å². The molecule has 0 bridgehead atoms. The maximum atomic E-state index is 3.59. The molecule has 0 aliphatic carbocycles. The molecule has 1 aromatic rings. The molecule has 0 radical (unpaired) electrons. The quantitative estimate of drug-likeness (QED) is 0.795. The Morgan fingerprint density at radius 2 is 2.06 bits per heavy atom. The third-order valence-corrected chi connectivity index (χ3v) is 3.08. The Kier molecular flexibility index (Phi) is 3.31. The van der Waals surface area contributed by atoms with Gasteiger partial charge in [-0.3, -0.25) is 0 Å². The number of fused-ring (bicyclic) bond motifs is 1. The summed E-state index contributed by atoms with van der Waals surface area (Å²) >= 11 is 0. The molecule has 1 aliphatic rings.